The summed E-state index contributed by atoms with van der Waals surface area (Å²) < 4.78 is 0. The van der Waals surface area contributed by atoms with Crippen molar-refractivity contribution >= 4 is 5.91 Å². The highest BCUT2D eigenvalue weighted by Gasteiger charge is 2.31. The Labute approximate surface area is 98.6 Å². The zero-order valence-electron chi connectivity index (χ0n) is 10.6. The van der Waals surface area contributed by atoms with Gasteiger partial charge in [-0.1, -0.05) is 13.8 Å². The van der Waals surface area contributed by atoms with E-state index in [4.69, 9.17) is 0 Å². The molecule has 0 aliphatic carbocycles. The van der Waals surface area contributed by atoms with Gasteiger partial charge in [0.2, 0.25) is 5.91 Å². The van der Waals surface area contributed by atoms with E-state index >= 15 is 0 Å². The summed E-state index contributed by atoms with van der Waals surface area (Å²) in [6.07, 6.45) is 4.53. The van der Waals surface area contributed by atoms with Gasteiger partial charge in [0.15, 0.2) is 0 Å². The molecule has 3 nitrogen and oxygen atoms in total. The van der Waals surface area contributed by atoms with Gasteiger partial charge < -0.3 is 10.2 Å². The molecule has 2 rings (SSSR count). The Balaban J connectivity index is 1.86. The Morgan fingerprint density at radius 3 is 2.56 bits per heavy atom. The molecule has 0 bridgehead atoms. The maximum Gasteiger partial charge on any atom is 0.226 e. The van der Waals surface area contributed by atoms with Gasteiger partial charge in [-0.15, -0.1) is 0 Å². The SMILES string of the molecule is CC1(C)CCN(C(=O)[C@H]2CCCNC2)CC1. The molecule has 16 heavy (non-hydrogen) atoms. The molecule has 1 amide bonds. The summed E-state index contributed by atoms with van der Waals surface area (Å²) >= 11 is 0. The van der Waals surface area contributed by atoms with Gasteiger partial charge >= 0.3 is 0 Å². The third-order valence-corrected chi connectivity index (χ3v) is 4.07. The van der Waals surface area contributed by atoms with Crippen LogP contribution in [-0.2, 0) is 4.79 Å². The smallest absolute Gasteiger partial charge is 0.226 e. The number of nitrogens with one attached hydrogen (secondary N) is 1. The molecule has 0 saturated carbocycles. The molecule has 2 aliphatic heterocycles. The Morgan fingerprint density at radius 2 is 2.00 bits per heavy atom. The number of amides is 1. The van der Waals surface area contributed by atoms with Crippen molar-refractivity contribution in [1.29, 1.82) is 0 Å². The lowest BCUT2D eigenvalue weighted by Crippen LogP contribution is -2.47. The summed E-state index contributed by atoms with van der Waals surface area (Å²) in [5.74, 6) is 0.637. The standard InChI is InChI=1S/C13H24N2O/c1-13(2)5-8-15(9-6-13)12(16)11-4-3-7-14-10-11/h11,14H,3-10H2,1-2H3/t11-/m0/s1. The predicted octanol–water partition coefficient (Wildman–Crippen LogP) is 1.63. The molecule has 1 N–H and O–H groups in total. The molecule has 3 heteroatoms. The van der Waals surface area contributed by atoms with E-state index in [1.54, 1.807) is 0 Å². The quantitative estimate of drug-likeness (QED) is 0.734. The second-order valence-corrected chi connectivity index (χ2v) is 6.03. The van der Waals surface area contributed by atoms with Crippen molar-refractivity contribution in [2.75, 3.05) is 26.2 Å². The first kappa shape index (κ1) is 11.9. The van der Waals surface area contributed by atoms with Crippen molar-refractivity contribution < 1.29 is 4.79 Å². The molecular formula is C13H24N2O. The number of nitrogens with zero attached hydrogens (tertiary/aromatic N) is 1. The van der Waals surface area contributed by atoms with Crippen LogP contribution in [0, 0.1) is 11.3 Å². The molecule has 92 valence electrons. The summed E-state index contributed by atoms with van der Waals surface area (Å²) in [7, 11) is 0. The number of rotatable bonds is 1. The molecule has 2 heterocycles. The van der Waals surface area contributed by atoms with Crippen molar-refractivity contribution in [2.24, 2.45) is 11.3 Å². The van der Waals surface area contributed by atoms with Crippen molar-refractivity contribution in [3.63, 3.8) is 0 Å². The highest BCUT2D eigenvalue weighted by molar-refractivity contribution is 5.79. The van der Waals surface area contributed by atoms with Gasteiger partial charge in [0, 0.05) is 19.6 Å². The molecule has 2 saturated heterocycles. The highest BCUT2D eigenvalue weighted by atomic mass is 16.2. The molecule has 2 aliphatic rings. The van der Waals surface area contributed by atoms with E-state index < -0.39 is 0 Å². The normalized spacial score (nSPS) is 30.1. The summed E-state index contributed by atoms with van der Waals surface area (Å²) in [6.45, 7) is 8.49. The van der Waals surface area contributed by atoms with Gasteiger partial charge in [-0.2, -0.15) is 0 Å². The zero-order valence-corrected chi connectivity index (χ0v) is 10.6. The molecule has 0 spiro atoms. The number of piperidine rings is 2. The number of carbonyl (C=O) groups is 1. The second-order valence-electron chi connectivity index (χ2n) is 6.03. The zero-order chi connectivity index (χ0) is 11.6. The monoisotopic (exact) mass is 224 g/mol. The number of likely N-dealkylation sites (tertiary alicyclic amines) is 1. The van der Waals surface area contributed by atoms with Crippen LogP contribution < -0.4 is 5.32 Å². The first-order valence-corrected chi connectivity index (χ1v) is 6.58. The Kier molecular flexibility index (Phi) is 3.53. The van der Waals surface area contributed by atoms with E-state index in [1.807, 2.05) is 0 Å². The number of carbonyl (C=O) groups excluding carboxylic acids is 1. The fourth-order valence-electron chi connectivity index (χ4n) is 2.65. The van der Waals surface area contributed by atoms with Gasteiger partial charge in [0.1, 0.15) is 0 Å². The van der Waals surface area contributed by atoms with E-state index in [2.05, 4.69) is 24.1 Å². The minimum atomic E-state index is 0.245. The Hall–Kier alpha value is -0.570. The molecule has 0 radical (unpaired) electrons. The van der Waals surface area contributed by atoms with E-state index in [-0.39, 0.29) is 5.92 Å². The largest absolute Gasteiger partial charge is 0.342 e. The van der Waals surface area contributed by atoms with E-state index in [1.165, 1.54) is 0 Å². The van der Waals surface area contributed by atoms with Crippen LogP contribution in [0.15, 0.2) is 0 Å². The van der Waals surface area contributed by atoms with Crippen molar-refractivity contribution in [1.82, 2.24) is 10.2 Å². The van der Waals surface area contributed by atoms with Crippen LogP contribution in [-0.4, -0.2) is 37.0 Å². The predicted molar refractivity (Wildman–Crippen MR) is 65.2 cm³/mol. The van der Waals surface area contributed by atoms with Crippen LogP contribution in [0.3, 0.4) is 0 Å². The van der Waals surface area contributed by atoms with Crippen LogP contribution in [0.25, 0.3) is 0 Å². The number of hydrogen-bond acceptors (Lipinski definition) is 2. The van der Waals surface area contributed by atoms with Gasteiger partial charge in [0.05, 0.1) is 5.92 Å². The first-order chi connectivity index (χ1) is 7.58. The lowest BCUT2D eigenvalue weighted by atomic mass is 9.82. The molecule has 1 atom stereocenters. The van der Waals surface area contributed by atoms with E-state index in [0.717, 1.165) is 51.9 Å². The Morgan fingerprint density at radius 1 is 1.31 bits per heavy atom. The van der Waals surface area contributed by atoms with E-state index in [0.29, 0.717) is 11.3 Å². The fraction of sp³-hybridized carbons (Fsp3) is 0.923. The molecule has 2 fully saturated rings. The minimum absolute atomic E-state index is 0.245. The topological polar surface area (TPSA) is 32.3 Å². The minimum Gasteiger partial charge on any atom is -0.342 e. The first-order valence-electron chi connectivity index (χ1n) is 6.58. The van der Waals surface area contributed by atoms with Gasteiger partial charge in [-0.3, -0.25) is 4.79 Å². The fourth-order valence-corrected chi connectivity index (χ4v) is 2.65. The summed E-state index contributed by atoms with van der Waals surface area (Å²) in [4.78, 5) is 14.3. The molecule has 0 aromatic carbocycles. The molecule has 0 aromatic rings. The second kappa shape index (κ2) is 4.74. The van der Waals surface area contributed by atoms with Crippen LogP contribution in [0.1, 0.15) is 39.5 Å². The summed E-state index contributed by atoms with van der Waals surface area (Å²) in [5, 5.41) is 3.32. The summed E-state index contributed by atoms with van der Waals surface area (Å²) in [5.41, 5.74) is 0.432. The van der Waals surface area contributed by atoms with Crippen LogP contribution in [0.4, 0.5) is 0 Å². The van der Waals surface area contributed by atoms with E-state index in [9.17, 15) is 4.79 Å². The average Bonchev–Trinajstić information content (AvgIpc) is 2.29. The lowest BCUT2D eigenvalue weighted by molar-refractivity contribution is -0.138. The van der Waals surface area contributed by atoms with Crippen molar-refractivity contribution in [2.45, 2.75) is 39.5 Å². The lowest BCUT2D eigenvalue weighted by Gasteiger charge is -2.39. The van der Waals surface area contributed by atoms with Gasteiger partial charge in [0.25, 0.3) is 0 Å². The van der Waals surface area contributed by atoms with Gasteiger partial charge in [-0.25, -0.2) is 0 Å². The van der Waals surface area contributed by atoms with Crippen LogP contribution in [0.2, 0.25) is 0 Å². The Bertz CT molecular complexity index is 247. The van der Waals surface area contributed by atoms with Gasteiger partial charge in [-0.05, 0) is 37.6 Å². The van der Waals surface area contributed by atoms with Crippen LogP contribution in [0.5, 0.6) is 0 Å². The van der Waals surface area contributed by atoms with Crippen LogP contribution >= 0.6 is 0 Å². The maximum absolute atomic E-state index is 12.3. The third-order valence-electron chi connectivity index (χ3n) is 4.07. The number of hydrogen-bond donors (Lipinski definition) is 1. The maximum atomic E-state index is 12.3. The molecular weight excluding hydrogens is 200 g/mol. The molecule has 0 aromatic heterocycles. The average molecular weight is 224 g/mol. The van der Waals surface area contributed by atoms with Crippen molar-refractivity contribution in [3.8, 4) is 0 Å². The highest BCUT2D eigenvalue weighted by Crippen LogP contribution is 2.30. The summed E-state index contributed by atoms with van der Waals surface area (Å²) in [6, 6.07) is 0. The molecule has 0 unspecified atom stereocenters. The third kappa shape index (κ3) is 2.76. The van der Waals surface area contributed by atoms with Crippen molar-refractivity contribution in [3.05, 3.63) is 0 Å².